The molecule has 1 saturated heterocycles. The number of piperidine rings is 1. The van der Waals surface area contributed by atoms with Crippen molar-refractivity contribution in [3.63, 3.8) is 0 Å². The van der Waals surface area contributed by atoms with Crippen LogP contribution in [0.3, 0.4) is 0 Å². The third-order valence-electron chi connectivity index (χ3n) is 2.62. The monoisotopic (exact) mass is 227 g/mol. The van der Waals surface area contributed by atoms with Crippen molar-refractivity contribution in [3.05, 3.63) is 0 Å². The van der Waals surface area contributed by atoms with Crippen LogP contribution in [0.5, 0.6) is 0 Å². The summed E-state index contributed by atoms with van der Waals surface area (Å²) in [5.74, 6) is 0.0677. The average Bonchev–Trinajstić information content (AvgIpc) is 2.16. The highest BCUT2D eigenvalue weighted by atomic mass is 16.2. The molecule has 0 aromatic carbocycles. The van der Waals surface area contributed by atoms with Gasteiger partial charge in [0, 0.05) is 18.6 Å². The lowest BCUT2D eigenvalue weighted by molar-refractivity contribution is -0.125. The number of hydrogen-bond donors (Lipinski definition) is 2. The Morgan fingerprint density at radius 1 is 1.19 bits per heavy atom. The second kappa shape index (κ2) is 5.64. The molecule has 1 heterocycles. The van der Waals surface area contributed by atoms with E-state index in [0.29, 0.717) is 0 Å². The molecule has 4 heteroatoms. The Balaban J connectivity index is 2.33. The van der Waals surface area contributed by atoms with Crippen molar-refractivity contribution in [2.24, 2.45) is 0 Å². The standard InChI is InChI=1S/C12H25N3O/c1-10(11(16)13-12(2,3)4)14-15-8-6-5-7-9-15/h10,14H,5-9H2,1-4H3,(H,13,16). The van der Waals surface area contributed by atoms with Crippen molar-refractivity contribution >= 4 is 5.91 Å². The lowest BCUT2D eigenvalue weighted by atomic mass is 10.1. The molecule has 0 saturated carbocycles. The lowest BCUT2D eigenvalue weighted by Gasteiger charge is -2.31. The van der Waals surface area contributed by atoms with E-state index in [1.807, 2.05) is 27.7 Å². The first-order valence-electron chi connectivity index (χ1n) is 6.21. The summed E-state index contributed by atoms with van der Waals surface area (Å²) in [6.07, 6.45) is 3.75. The molecule has 1 unspecified atom stereocenters. The Kier molecular flexibility index (Phi) is 4.74. The highest BCUT2D eigenvalue weighted by Crippen LogP contribution is 2.07. The molecule has 0 bridgehead atoms. The molecule has 1 atom stereocenters. The quantitative estimate of drug-likeness (QED) is 0.763. The summed E-state index contributed by atoms with van der Waals surface area (Å²) in [4.78, 5) is 11.8. The Bertz CT molecular complexity index is 229. The molecule has 4 nitrogen and oxygen atoms in total. The number of nitrogens with one attached hydrogen (secondary N) is 2. The zero-order valence-corrected chi connectivity index (χ0v) is 11.0. The molecule has 0 aromatic heterocycles. The van der Waals surface area contributed by atoms with Gasteiger partial charge in [-0.2, -0.15) is 0 Å². The molecule has 1 amide bonds. The van der Waals surface area contributed by atoms with Gasteiger partial charge >= 0.3 is 0 Å². The minimum absolute atomic E-state index is 0.0677. The van der Waals surface area contributed by atoms with Gasteiger partial charge in [0.25, 0.3) is 0 Å². The van der Waals surface area contributed by atoms with Gasteiger partial charge in [0.15, 0.2) is 0 Å². The van der Waals surface area contributed by atoms with E-state index in [9.17, 15) is 4.79 Å². The summed E-state index contributed by atoms with van der Waals surface area (Å²) in [5.41, 5.74) is 3.10. The van der Waals surface area contributed by atoms with Crippen LogP contribution in [0.2, 0.25) is 0 Å². The average molecular weight is 227 g/mol. The van der Waals surface area contributed by atoms with Gasteiger partial charge in [0.1, 0.15) is 0 Å². The summed E-state index contributed by atoms with van der Waals surface area (Å²) >= 11 is 0. The van der Waals surface area contributed by atoms with Crippen molar-refractivity contribution in [1.82, 2.24) is 15.8 Å². The van der Waals surface area contributed by atoms with Crippen molar-refractivity contribution in [1.29, 1.82) is 0 Å². The number of carbonyl (C=O) groups is 1. The molecule has 16 heavy (non-hydrogen) atoms. The third-order valence-corrected chi connectivity index (χ3v) is 2.62. The van der Waals surface area contributed by atoms with E-state index in [1.165, 1.54) is 19.3 Å². The van der Waals surface area contributed by atoms with Crippen LogP contribution < -0.4 is 10.7 Å². The molecule has 1 fully saturated rings. The summed E-state index contributed by atoms with van der Waals surface area (Å²) in [5, 5.41) is 5.14. The number of hydrogen-bond acceptors (Lipinski definition) is 3. The van der Waals surface area contributed by atoms with Gasteiger partial charge in [-0.05, 0) is 40.5 Å². The lowest BCUT2D eigenvalue weighted by Crippen LogP contribution is -2.55. The zero-order chi connectivity index (χ0) is 12.2. The Labute approximate surface area is 98.7 Å². The number of hydrazine groups is 1. The fourth-order valence-corrected chi connectivity index (χ4v) is 1.83. The van der Waals surface area contributed by atoms with Gasteiger partial charge in [0.05, 0.1) is 6.04 Å². The van der Waals surface area contributed by atoms with Gasteiger partial charge in [-0.25, -0.2) is 10.4 Å². The predicted octanol–water partition coefficient (Wildman–Crippen LogP) is 1.28. The zero-order valence-electron chi connectivity index (χ0n) is 11.0. The van der Waals surface area contributed by atoms with Crippen LogP contribution >= 0.6 is 0 Å². The number of nitrogens with zero attached hydrogens (tertiary/aromatic N) is 1. The van der Waals surface area contributed by atoms with Crippen LogP contribution in [0.25, 0.3) is 0 Å². The van der Waals surface area contributed by atoms with Crippen molar-refractivity contribution in [3.8, 4) is 0 Å². The molecule has 1 aliphatic rings. The van der Waals surface area contributed by atoms with Crippen LogP contribution in [-0.4, -0.2) is 35.6 Å². The van der Waals surface area contributed by atoms with Crippen LogP contribution in [0, 0.1) is 0 Å². The maximum absolute atomic E-state index is 11.8. The maximum atomic E-state index is 11.8. The van der Waals surface area contributed by atoms with Crippen LogP contribution in [-0.2, 0) is 4.79 Å². The summed E-state index contributed by atoms with van der Waals surface area (Å²) < 4.78 is 0. The minimum atomic E-state index is -0.158. The Hall–Kier alpha value is -0.610. The molecule has 0 radical (unpaired) electrons. The minimum Gasteiger partial charge on any atom is -0.350 e. The van der Waals surface area contributed by atoms with E-state index in [2.05, 4.69) is 15.8 Å². The van der Waals surface area contributed by atoms with Crippen molar-refractivity contribution in [2.75, 3.05) is 13.1 Å². The largest absolute Gasteiger partial charge is 0.350 e. The Morgan fingerprint density at radius 2 is 1.75 bits per heavy atom. The molecular formula is C12H25N3O. The van der Waals surface area contributed by atoms with E-state index in [-0.39, 0.29) is 17.5 Å². The first kappa shape index (κ1) is 13.5. The Morgan fingerprint density at radius 3 is 2.25 bits per heavy atom. The summed E-state index contributed by atoms with van der Waals surface area (Å²) in [6.45, 7) is 10.0. The highest BCUT2D eigenvalue weighted by Gasteiger charge is 2.21. The van der Waals surface area contributed by atoms with Gasteiger partial charge in [-0.1, -0.05) is 6.42 Å². The SMILES string of the molecule is CC(NN1CCCCC1)C(=O)NC(C)(C)C. The number of carbonyl (C=O) groups excluding carboxylic acids is 1. The fraction of sp³-hybridized carbons (Fsp3) is 0.917. The van der Waals surface area contributed by atoms with E-state index >= 15 is 0 Å². The maximum Gasteiger partial charge on any atom is 0.238 e. The molecular weight excluding hydrogens is 202 g/mol. The molecule has 1 aliphatic heterocycles. The topological polar surface area (TPSA) is 44.4 Å². The van der Waals surface area contributed by atoms with Crippen LogP contribution in [0.15, 0.2) is 0 Å². The second-order valence-electron chi connectivity index (χ2n) is 5.64. The van der Waals surface area contributed by atoms with Crippen LogP contribution in [0.4, 0.5) is 0 Å². The first-order valence-corrected chi connectivity index (χ1v) is 6.21. The third kappa shape index (κ3) is 4.94. The molecule has 2 N–H and O–H groups in total. The summed E-state index contributed by atoms with van der Waals surface area (Å²) in [6, 6.07) is -0.155. The smallest absolute Gasteiger partial charge is 0.238 e. The van der Waals surface area contributed by atoms with Gasteiger partial charge < -0.3 is 5.32 Å². The number of rotatable bonds is 3. The normalized spacial score (nSPS) is 20.5. The molecule has 0 aromatic rings. The van der Waals surface area contributed by atoms with E-state index < -0.39 is 0 Å². The predicted molar refractivity (Wildman–Crippen MR) is 65.9 cm³/mol. The van der Waals surface area contributed by atoms with Crippen molar-refractivity contribution < 1.29 is 4.79 Å². The molecule has 1 rings (SSSR count). The molecule has 0 spiro atoms. The number of amides is 1. The second-order valence-corrected chi connectivity index (χ2v) is 5.64. The first-order chi connectivity index (χ1) is 7.38. The van der Waals surface area contributed by atoms with Gasteiger partial charge in [-0.3, -0.25) is 4.79 Å². The van der Waals surface area contributed by atoms with E-state index in [4.69, 9.17) is 0 Å². The van der Waals surface area contributed by atoms with Crippen LogP contribution in [0.1, 0.15) is 47.0 Å². The van der Waals surface area contributed by atoms with Gasteiger partial charge in [0.2, 0.25) is 5.91 Å². The van der Waals surface area contributed by atoms with Gasteiger partial charge in [-0.15, -0.1) is 0 Å². The fourth-order valence-electron chi connectivity index (χ4n) is 1.83. The van der Waals surface area contributed by atoms with E-state index in [0.717, 1.165) is 13.1 Å². The van der Waals surface area contributed by atoms with E-state index in [1.54, 1.807) is 0 Å². The molecule has 0 aliphatic carbocycles. The molecule has 94 valence electrons. The van der Waals surface area contributed by atoms with Crippen molar-refractivity contribution in [2.45, 2.75) is 58.5 Å². The highest BCUT2D eigenvalue weighted by molar-refractivity contribution is 5.81. The summed E-state index contributed by atoms with van der Waals surface area (Å²) in [7, 11) is 0.